The summed E-state index contributed by atoms with van der Waals surface area (Å²) in [5.41, 5.74) is 2.24. The Morgan fingerprint density at radius 3 is 2.55 bits per heavy atom. The highest BCUT2D eigenvalue weighted by atomic mass is 35.5. The topological polar surface area (TPSA) is 106 Å². The molecule has 9 heteroatoms. The molecule has 1 saturated heterocycles. The molecule has 8 nitrogen and oxygen atoms in total. The summed E-state index contributed by atoms with van der Waals surface area (Å²) >= 11 is 5.87. The van der Waals surface area contributed by atoms with Gasteiger partial charge in [-0.15, -0.1) is 0 Å². The van der Waals surface area contributed by atoms with Crippen LogP contribution in [0.3, 0.4) is 0 Å². The number of carbonyl (C=O) groups excluding carboxylic acids is 2. The fourth-order valence-corrected chi connectivity index (χ4v) is 3.37. The van der Waals surface area contributed by atoms with E-state index in [2.05, 4.69) is 5.32 Å². The van der Waals surface area contributed by atoms with Gasteiger partial charge in [0.1, 0.15) is 17.2 Å². The second-order valence-corrected chi connectivity index (χ2v) is 7.40. The Morgan fingerprint density at radius 2 is 1.87 bits per heavy atom. The first-order valence-electron chi connectivity index (χ1n) is 9.26. The van der Waals surface area contributed by atoms with Crippen LogP contribution in [0.1, 0.15) is 16.9 Å². The standard InChI is InChI=1S/C22H16ClN3O5/c1-13-10-16(26(29)30)6-8-18(13)20-9-7-17(31-20)11-19-21(27)25(22(28)24-19)12-14-2-4-15(23)5-3-14/h2-11H,12H2,1H3,(H,24,28)/b19-11-. The van der Waals surface area contributed by atoms with Crippen molar-refractivity contribution in [3.8, 4) is 11.3 Å². The number of amides is 3. The molecular formula is C22H16ClN3O5. The zero-order chi connectivity index (χ0) is 22.1. The smallest absolute Gasteiger partial charge is 0.329 e. The molecule has 0 unspecified atom stereocenters. The molecule has 0 aliphatic carbocycles. The number of rotatable bonds is 5. The molecule has 0 saturated carbocycles. The summed E-state index contributed by atoms with van der Waals surface area (Å²) in [4.78, 5) is 36.5. The predicted molar refractivity (Wildman–Crippen MR) is 114 cm³/mol. The summed E-state index contributed by atoms with van der Waals surface area (Å²) in [6, 6.07) is 14.2. The Kier molecular flexibility index (Phi) is 5.31. The van der Waals surface area contributed by atoms with Crippen molar-refractivity contribution in [2.75, 3.05) is 0 Å². The van der Waals surface area contributed by atoms with Crippen molar-refractivity contribution >= 4 is 35.3 Å². The van der Waals surface area contributed by atoms with Crippen molar-refractivity contribution < 1.29 is 18.9 Å². The van der Waals surface area contributed by atoms with Crippen LogP contribution in [0.2, 0.25) is 5.02 Å². The molecule has 1 aliphatic rings. The quantitative estimate of drug-likeness (QED) is 0.264. The van der Waals surface area contributed by atoms with Crippen LogP contribution >= 0.6 is 11.6 Å². The van der Waals surface area contributed by atoms with Crippen molar-refractivity contribution in [1.29, 1.82) is 0 Å². The number of aryl methyl sites for hydroxylation is 1. The highest BCUT2D eigenvalue weighted by molar-refractivity contribution is 6.30. The number of hydrogen-bond acceptors (Lipinski definition) is 5. The Labute approximate surface area is 181 Å². The average Bonchev–Trinajstić information content (AvgIpc) is 3.29. The van der Waals surface area contributed by atoms with Gasteiger partial charge in [0, 0.05) is 28.8 Å². The number of nitrogens with zero attached hydrogens (tertiary/aromatic N) is 2. The lowest BCUT2D eigenvalue weighted by Crippen LogP contribution is -2.30. The lowest BCUT2D eigenvalue weighted by atomic mass is 10.1. The van der Waals surface area contributed by atoms with Crippen molar-refractivity contribution in [1.82, 2.24) is 10.2 Å². The largest absolute Gasteiger partial charge is 0.457 e. The number of carbonyl (C=O) groups is 2. The van der Waals surface area contributed by atoms with Crippen molar-refractivity contribution in [3.05, 3.63) is 92.3 Å². The van der Waals surface area contributed by atoms with Crippen LogP contribution in [-0.4, -0.2) is 21.8 Å². The molecule has 2 heterocycles. The summed E-state index contributed by atoms with van der Waals surface area (Å²) in [5.74, 6) is 0.392. The van der Waals surface area contributed by atoms with E-state index in [0.29, 0.717) is 27.7 Å². The number of hydrogen-bond donors (Lipinski definition) is 1. The van der Waals surface area contributed by atoms with E-state index >= 15 is 0 Å². The molecule has 1 N–H and O–H groups in total. The molecule has 4 rings (SSSR count). The third kappa shape index (κ3) is 4.19. The Bertz CT molecular complexity index is 1230. The molecule has 1 fully saturated rings. The summed E-state index contributed by atoms with van der Waals surface area (Å²) in [5, 5.41) is 14.0. The van der Waals surface area contributed by atoms with Crippen LogP contribution in [0.15, 0.2) is 64.7 Å². The maximum Gasteiger partial charge on any atom is 0.329 e. The van der Waals surface area contributed by atoms with Gasteiger partial charge < -0.3 is 9.73 Å². The predicted octanol–water partition coefficient (Wildman–Crippen LogP) is 4.91. The lowest BCUT2D eigenvalue weighted by Gasteiger charge is -2.11. The molecule has 2 aromatic carbocycles. The van der Waals surface area contributed by atoms with Gasteiger partial charge in [-0.25, -0.2) is 4.79 Å². The molecule has 3 amide bonds. The van der Waals surface area contributed by atoms with Gasteiger partial charge in [0.25, 0.3) is 11.6 Å². The average molecular weight is 438 g/mol. The van der Waals surface area contributed by atoms with E-state index in [1.165, 1.54) is 18.2 Å². The molecule has 0 spiro atoms. The van der Waals surface area contributed by atoms with Crippen LogP contribution in [0.5, 0.6) is 0 Å². The van der Waals surface area contributed by atoms with Crippen LogP contribution in [0.4, 0.5) is 10.5 Å². The molecule has 31 heavy (non-hydrogen) atoms. The summed E-state index contributed by atoms with van der Waals surface area (Å²) < 4.78 is 5.78. The summed E-state index contributed by atoms with van der Waals surface area (Å²) in [6.45, 7) is 1.86. The van der Waals surface area contributed by atoms with Crippen LogP contribution in [0, 0.1) is 17.0 Å². The fourth-order valence-electron chi connectivity index (χ4n) is 3.24. The number of urea groups is 1. The number of non-ortho nitro benzene ring substituents is 1. The SMILES string of the molecule is Cc1cc([N+](=O)[O-])ccc1-c1ccc(/C=C2\NC(=O)N(Cc3ccc(Cl)cc3)C2=O)o1. The second kappa shape index (κ2) is 8.08. The highest BCUT2D eigenvalue weighted by Gasteiger charge is 2.33. The van der Waals surface area contributed by atoms with Gasteiger partial charge in [-0.3, -0.25) is 19.8 Å². The zero-order valence-electron chi connectivity index (χ0n) is 16.3. The van der Waals surface area contributed by atoms with E-state index in [9.17, 15) is 19.7 Å². The Balaban J connectivity index is 1.54. The van der Waals surface area contributed by atoms with E-state index in [4.69, 9.17) is 16.0 Å². The van der Waals surface area contributed by atoms with Crippen LogP contribution in [0.25, 0.3) is 17.4 Å². The molecule has 0 atom stereocenters. The van der Waals surface area contributed by atoms with E-state index in [1.807, 2.05) is 0 Å². The first kappa shape index (κ1) is 20.4. The van der Waals surface area contributed by atoms with Gasteiger partial charge >= 0.3 is 6.03 Å². The van der Waals surface area contributed by atoms with Crippen LogP contribution < -0.4 is 5.32 Å². The van der Waals surface area contributed by atoms with Gasteiger partial charge in [-0.1, -0.05) is 23.7 Å². The number of benzene rings is 2. The van der Waals surface area contributed by atoms with Crippen molar-refractivity contribution in [2.45, 2.75) is 13.5 Å². The Hall–Kier alpha value is -3.91. The minimum Gasteiger partial charge on any atom is -0.457 e. The van der Waals surface area contributed by atoms with E-state index < -0.39 is 16.9 Å². The molecule has 1 aliphatic heterocycles. The highest BCUT2D eigenvalue weighted by Crippen LogP contribution is 2.29. The van der Waals surface area contributed by atoms with E-state index in [0.717, 1.165) is 10.5 Å². The van der Waals surface area contributed by atoms with Gasteiger partial charge in [-0.2, -0.15) is 0 Å². The minimum atomic E-state index is -0.524. The molecule has 3 aromatic rings. The Morgan fingerprint density at radius 1 is 1.13 bits per heavy atom. The summed E-state index contributed by atoms with van der Waals surface area (Å²) in [7, 11) is 0. The minimum absolute atomic E-state index is 0.00445. The number of nitro groups is 1. The zero-order valence-corrected chi connectivity index (χ0v) is 17.1. The maximum atomic E-state index is 12.7. The van der Waals surface area contributed by atoms with E-state index in [1.54, 1.807) is 49.4 Å². The number of nitro benzene ring substituents is 1. The molecule has 156 valence electrons. The van der Waals surface area contributed by atoms with Gasteiger partial charge in [-0.05, 0) is 48.4 Å². The molecule has 0 radical (unpaired) electrons. The normalized spacial score (nSPS) is 14.9. The summed E-state index contributed by atoms with van der Waals surface area (Å²) in [6.07, 6.45) is 1.45. The molecule has 0 bridgehead atoms. The van der Waals surface area contributed by atoms with Gasteiger partial charge in [0.05, 0.1) is 11.5 Å². The van der Waals surface area contributed by atoms with Crippen LogP contribution in [-0.2, 0) is 11.3 Å². The third-order valence-corrected chi connectivity index (χ3v) is 5.07. The lowest BCUT2D eigenvalue weighted by molar-refractivity contribution is -0.384. The van der Waals surface area contributed by atoms with E-state index in [-0.39, 0.29) is 17.9 Å². The van der Waals surface area contributed by atoms with Crippen molar-refractivity contribution in [3.63, 3.8) is 0 Å². The van der Waals surface area contributed by atoms with Gasteiger partial charge in [0.15, 0.2) is 0 Å². The van der Waals surface area contributed by atoms with Crippen molar-refractivity contribution in [2.24, 2.45) is 0 Å². The first-order chi connectivity index (χ1) is 14.8. The number of halogens is 1. The first-order valence-corrected chi connectivity index (χ1v) is 9.64. The maximum absolute atomic E-state index is 12.7. The number of nitrogens with one attached hydrogen (secondary N) is 1. The fraction of sp³-hybridized carbons (Fsp3) is 0.0909. The monoisotopic (exact) mass is 437 g/mol. The number of furan rings is 1. The number of imide groups is 1. The molecular weight excluding hydrogens is 422 g/mol. The molecule has 1 aromatic heterocycles. The van der Waals surface area contributed by atoms with Gasteiger partial charge in [0.2, 0.25) is 0 Å². The second-order valence-electron chi connectivity index (χ2n) is 6.96. The third-order valence-electron chi connectivity index (χ3n) is 4.82.